The monoisotopic (exact) mass is 426 g/mol. The fraction of sp³-hybridized carbons (Fsp3) is 0.273. The molecule has 3 N–H and O–H groups in total. The highest BCUT2D eigenvalue weighted by molar-refractivity contribution is 7.89. The van der Waals surface area contributed by atoms with Gasteiger partial charge in [-0.05, 0) is 44.0 Å². The molecule has 158 valence electrons. The van der Waals surface area contributed by atoms with Crippen LogP contribution in [0.1, 0.15) is 49.4 Å². The van der Waals surface area contributed by atoms with E-state index in [-0.39, 0.29) is 28.4 Å². The minimum Gasteiger partial charge on any atom is -0.342 e. The van der Waals surface area contributed by atoms with Crippen LogP contribution in [0.2, 0.25) is 0 Å². The summed E-state index contributed by atoms with van der Waals surface area (Å²) in [5.41, 5.74) is 2.15. The number of aromatic nitrogens is 2. The molecule has 0 saturated carbocycles. The molecule has 0 aliphatic rings. The van der Waals surface area contributed by atoms with Crippen LogP contribution in [0.3, 0.4) is 0 Å². The minimum atomic E-state index is -3.68. The first kappa shape index (κ1) is 21.7. The summed E-state index contributed by atoms with van der Waals surface area (Å²) in [6, 6.07) is 15.2. The number of nitrogens with zero attached hydrogens (tertiary/aromatic N) is 1. The molecule has 1 amide bonds. The van der Waals surface area contributed by atoms with Crippen LogP contribution in [0.5, 0.6) is 0 Å². The Labute approximate surface area is 177 Å². The number of sulfonamides is 1. The minimum absolute atomic E-state index is 0.0567. The lowest BCUT2D eigenvalue weighted by Crippen LogP contribution is -2.31. The van der Waals surface area contributed by atoms with Crippen LogP contribution in [0.25, 0.3) is 11.3 Å². The summed E-state index contributed by atoms with van der Waals surface area (Å²) in [6.45, 7) is 5.43. The van der Waals surface area contributed by atoms with Gasteiger partial charge in [0.2, 0.25) is 10.0 Å². The molecule has 1 unspecified atom stereocenters. The van der Waals surface area contributed by atoms with Crippen molar-refractivity contribution in [3.63, 3.8) is 0 Å². The van der Waals surface area contributed by atoms with Crippen LogP contribution < -0.4 is 10.0 Å². The molecular formula is C22H26N4O3S. The number of H-pyrrole nitrogens is 1. The Morgan fingerprint density at radius 3 is 2.50 bits per heavy atom. The normalized spacial score (nSPS) is 12.7. The zero-order valence-electron chi connectivity index (χ0n) is 17.2. The third kappa shape index (κ3) is 5.14. The van der Waals surface area contributed by atoms with Gasteiger partial charge in [-0.15, -0.1) is 0 Å². The van der Waals surface area contributed by atoms with Crippen LogP contribution in [0.15, 0.2) is 65.7 Å². The summed E-state index contributed by atoms with van der Waals surface area (Å²) in [4.78, 5) is 20.5. The average Bonchev–Trinajstić information content (AvgIpc) is 3.22. The number of hydrogen-bond donors (Lipinski definition) is 3. The van der Waals surface area contributed by atoms with Crippen molar-refractivity contribution in [1.29, 1.82) is 0 Å². The highest BCUT2D eigenvalue weighted by Gasteiger charge is 2.20. The number of rotatable bonds is 8. The van der Waals surface area contributed by atoms with E-state index in [0.29, 0.717) is 12.2 Å². The Balaban J connectivity index is 1.78. The number of carbonyl (C=O) groups is 1. The molecule has 3 aromatic rings. The van der Waals surface area contributed by atoms with E-state index in [9.17, 15) is 13.2 Å². The van der Waals surface area contributed by atoms with Crippen molar-refractivity contribution in [2.24, 2.45) is 0 Å². The number of aromatic amines is 1. The third-order valence-electron chi connectivity index (χ3n) is 4.52. The van der Waals surface area contributed by atoms with Crippen molar-refractivity contribution < 1.29 is 13.2 Å². The van der Waals surface area contributed by atoms with Crippen molar-refractivity contribution in [2.45, 2.75) is 44.2 Å². The van der Waals surface area contributed by atoms with E-state index in [2.05, 4.69) is 20.0 Å². The largest absolute Gasteiger partial charge is 0.342 e. The lowest BCUT2D eigenvalue weighted by atomic mass is 10.1. The van der Waals surface area contributed by atoms with Crippen molar-refractivity contribution >= 4 is 15.9 Å². The summed E-state index contributed by atoms with van der Waals surface area (Å²) in [5.74, 6) is 0.288. The fourth-order valence-corrected chi connectivity index (χ4v) is 4.36. The molecule has 0 fully saturated rings. The summed E-state index contributed by atoms with van der Waals surface area (Å²) in [6.07, 6.45) is 2.37. The Morgan fingerprint density at radius 1 is 1.10 bits per heavy atom. The highest BCUT2D eigenvalue weighted by Crippen LogP contribution is 2.21. The second-order valence-electron chi connectivity index (χ2n) is 7.29. The predicted molar refractivity (Wildman–Crippen MR) is 116 cm³/mol. The first-order chi connectivity index (χ1) is 14.3. The molecular weight excluding hydrogens is 400 g/mol. The molecule has 1 aromatic heterocycles. The van der Waals surface area contributed by atoms with Crippen LogP contribution in [-0.2, 0) is 10.0 Å². The molecule has 3 rings (SSSR count). The van der Waals surface area contributed by atoms with Crippen LogP contribution in [0, 0.1) is 0 Å². The molecule has 8 heteroatoms. The number of imidazole rings is 1. The standard InChI is InChI=1S/C22H26N4O3S/c1-4-19(21-23-14-20(24-21)16-9-6-5-7-10-16)25-22(27)17-11-8-12-18(13-17)30(28,29)26-15(2)3/h5-15,19,26H,4H2,1-3H3,(H,23,24)(H,25,27). The van der Waals surface area contributed by atoms with Crippen molar-refractivity contribution in [1.82, 2.24) is 20.0 Å². The van der Waals surface area contributed by atoms with Gasteiger partial charge in [-0.25, -0.2) is 18.1 Å². The van der Waals surface area contributed by atoms with E-state index in [1.807, 2.05) is 37.3 Å². The first-order valence-corrected chi connectivity index (χ1v) is 11.3. The second kappa shape index (κ2) is 9.23. The topological polar surface area (TPSA) is 104 Å². The zero-order chi connectivity index (χ0) is 21.7. The lowest BCUT2D eigenvalue weighted by molar-refractivity contribution is 0.0933. The maximum atomic E-state index is 12.8. The van der Waals surface area contributed by atoms with E-state index in [1.165, 1.54) is 12.1 Å². The van der Waals surface area contributed by atoms with Gasteiger partial charge in [0.15, 0.2) is 0 Å². The van der Waals surface area contributed by atoms with Gasteiger partial charge >= 0.3 is 0 Å². The van der Waals surface area contributed by atoms with Gasteiger partial charge in [-0.3, -0.25) is 4.79 Å². The third-order valence-corrected chi connectivity index (χ3v) is 6.18. The Bertz CT molecular complexity index is 1110. The SMILES string of the molecule is CCC(NC(=O)c1cccc(S(=O)(=O)NC(C)C)c1)c1ncc(-c2ccccc2)[nH]1. The quantitative estimate of drug-likeness (QED) is 0.511. The Morgan fingerprint density at radius 2 is 1.83 bits per heavy atom. The molecule has 7 nitrogen and oxygen atoms in total. The number of benzene rings is 2. The molecule has 2 aromatic carbocycles. The molecule has 0 radical (unpaired) electrons. The van der Waals surface area contributed by atoms with Gasteiger partial charge < -0.3 is 10.3 Å². The maximum Gasteiger partial charge on any atom is 0.251 e. The van der Waals surface area contributed by atoms with Gasteiger partial charge in [0, 0.05) is 11.6 Å². The highest BCUT2D eigenvalue weighted by atomic mass is 32.2. The fourth-order valence-electron chi connectivity index (χ4n) is 3.07. The zero-order valence-corrected chi connectivity index (χ0v) is 18.0. The number of nitrogens with one attached hydrogen (secondary N) is 3. The summed E-state index contributed by atoms with van der Waals surface area (Å²) in [5, 5.41) is 2.94. The maximum absolute atomic E-state index is 12.8. The predicted octanol–water partition coefficient (Wildman–Crippen LogP) is 3.64. The van der Waals surface area contributed by atoms with Gasteiger partial charge in [0.25, 0.3) is 5.91 Å². The van der Waals surface area contributed by atoms with Gasteiger partial charge in [0.05, 0.1) is 22.8 Å². The molecule has 1 atom stereocenters. The summed E-state index contributed by atoms with van der Waals surface area (Å²) >= 11 is 0. The van der Waals surface area contributed by atoms with Crippen molar-refractivity contribution in [3.05, 3.63) is 72.2 Å². The molecule has 0 spiro atoms. The van der Waals surface area contributed by atoms with Gasteiger partial charge in [-0.2, -0.15) is 0 Å². The molecule has 0 saturated heterocycles. The number of amides is 1. The summed E-state index contributed by atoms with van der Waals surface area (Å²) in [7, 11) is -3.68. The number of hydrogen-bond acceptors (Lipinski definition) is 4. The van der Waals surface area contributed by atoms with Gasteiger partial charge in [0.1, 0.15) is 5.82 Å². The van der Waals surface area contributed by atoms with E-state index >= 15 is 0 Å². The first-order valence-electron chi connectivity index (χ1n) is 9.83. The van der Waals surface area contributed by atoms with Crippen LogP contribution in [0.4, 0.5) is 0 Å². The van der Waals surface area contributed by atoms with Crippen molar-refractivity contribution in [3.8, 4) is 11.3 Å². The average molecular weight is 427 g/mol. The lowest BCUT2D eigenvalue weighted by Gasteiger charge is -2.15. The van der Waals surface area contributed by atoms with Gasteiger partial charge in [-0.1, -0.05) is 43.3 Å². The summed E-state index contributed by atoms with van der Waals surface area (Å²) < 4.78 is 27.3. The number of carbonyl (C=O) groups excluding carboxylic acids is 1. The molecule has 0 bridgehead atoms. The van der Waals surface area contributed by atoms with E-state index in [4.69, 9.17) is 0 Å². The molecule has 0 aliphatic heterocycles. The van der Waals surface area contributed by atoms with Crippen molar-refractivity contribution in [2.75, 3.05) is 0 Å². The van der Waals surface area contributed by atoms with E-state index in [1.54, 1.807) is 32.2 Å². The molecule has 30 heavy (non-hydrogen) atoms. The Hall–Kier alpha value is -2.97. The smallest absolute Gasteiger partial charge is 0.251 e. The molecule has 0 aliphatic carbocycles. The Kier molecular flexibility index (Phi) is 6.69. The van der Waals surface area contributed by atoms with Crippen LogP contribution >= 0.6 is 0 Å². The van der Waals surface area contributed by atoms with E-state index < -0.39 is 10.0 Å². The van der Waals surface area contributed by atoms with E-state index in [0.717, 1.165) is 11.3 Å². The second-order valence-corrected chi connectivity index (χ2v) is 9.00. The van der Waals surface area contributed by atoms with Crippen LogP contribution in [-0.4, -0.2) is 30.3 Å². The molecule has 1 heterocycles.